The van der Waals surface area contributed by atoms with Crippen LogP contribution in [0.4, 0.5) is 0 Å². The molecule has 5 heteroatoms. The second-order valence-electron chi connectivity index (χ2n) is 3.84. The second kappa shape index (κ2) is 5.66. The molecule has 0 saturated carbocycles. The first-order chi connectivity index (χ1) is 8.78. The molecule has 1 heterocycles. The lowest BCUT2D eigenvalue weighted by Crippen LogP contribution is -1.97. The molecule has 96 valence electrons. The first-order valence-corrected chi connectivity index (χ1v) is 5.60. The largest absolute Gasteiger partial charge is 0.497 e. The van der Waals surface area contributed by atoms with E-state index in [9.17, 15) is 5.11 Å². The van der Waals surface area contributed by atoms with Crippen molar-refractivity contribution in [1.82, 2.24) is 9.78 Å². The summed E-state index contributed by atoms with van der Waals surface area (Å²) in [7, 11) is 3.23. The second-order valence-corrected chi connectivity index (χ2v) is 3.84. The van der Waals surface area contributed by atoms with Gasteiger partial charge in [-0.05, 0) is 12.1 Å². The lowest BCUT2D eigenvalue weighted by atomic mass is 10.2. The molecule has 0 spiro atoms. The Hall–Kier alpha value is -1.85. The Morgan fingerprint density at radius 3 is 2.83 bits per heavy atom. The summed E-state index contributed by atoms with van der Waals surface area (Å²) in [6.45, 7) is 0.329. The van der Waals surface area contributed by atoms with Crippen molar-refractivity contribution in [2.75, 3.05) is 14.2 Å². The number of hydrogen-bond donors (Lipinski definition) is 1. The molecule has 0 unspecified atom stereocenters. The van der Waals surface area contributed by atoms with Crippen LogP contribution in [0.1, 0.15) is 11.3 Å². The lowest BCUT2D eigenvalue weighted by Gasteiger charge is -2.04. The molecule has 0 aliphatic heterocycles. The molecule has 0 aliphatic carbocycles. The highest BCUT2D eigenvalue weighted by atomic mass is 16.5. The van der Waals surface area contributed by atoms with Crippen LogP contribution in [-0.4, -0.2) is 29.1 Å². The van der Waals surface area contributed by atoms with Crippen LogP contribution in [0.3, 0.4) is 0 Å². The molecule has 0 saturated heterocycles. The topological polar surface area (TPSA) is 56.5 Å². The minimum atomic E-state index is -0.0529. The zero-order valence-electron chi connectivity index (χ0n) is 10.5. The molecule has 1 aromatic carbocycles. The summed E-state index contributed by atoms with van der Waals surface area (Å²) >= 11 is 0. The fourth-order valence-electron chi connectivity index (χ4n) is 1.72. The van der Waals surface area contributed by atoms with Crippen molar-refractivity contribution < 1.29 is 14.6 Å². The number of aliphatic hydroxyl groups is 1. The van der Waals surface area contributed by atoms with E-state index in [1.54, 1.807) is 25.1 Å². The van der Waals surface area contributed by atoms with Crippen molar-refractivity contribution in [3.63, 3.8) is 0 Å². The molecule has 0 atom stereocenters. The van der Waals surface area contributed by atoms with Crippen LogP contribution >= 0.6 is 0 Å². The van der Waals surface area contributed by atoms with Gasteiger partial charge >= 0.3 is 0 Å². The monoisotopic (exact) mass is 248 g/mol. The Balaban J connectivity index is 2.37. The summed E-state index contributed by atoms with van der Waals surface area (Å²) < 4.78 is 11.9. The highest BCUT2D eigenvalue weighted by Crippen LogP contribution is 2.18. The maximum Gasteiger partial charge on any atom is 0.121 e. The molecule has 0 aliphatic rings. The quantitative estimate of drug-likeness (QED) is 0.871. The molecule has 1 N–H and O–H groups in total. The Morgan fingerprint density at radius 1 is 1.33 bits per heavy atom. The predicted octanol–water partition coefficient (Wildman–Crippen LogP) is 1.52. The normalized spacial score (nSPS) is 10.6. The van der Waals surface area contributed by atoms with Gasteiger partial charge in [-0.3, -0.25) is 0 Å². The molecular weight excluding hydrogens is 232 g/mol. The average molecular weight is 248 g/mol. The van der Waals surface area contributed by atoms with Gasteiger partial charge in [0.2, 0.25) is 0 Å². The predicted molar refractivity (Wildman–Crippen MR) is 66.8 cm³/mol. The van der Waals surface area contributed by atoms with Gasteiger partial charge < -0.3 is 14.6 Å². The van der Waals surface area contributed by atoms with E-state index < -0.39 is 0 Å². The minimum Gasteiger partial charge on any atom is -0.497 e. The van der Waals surface area contributed by atoms with E-state index in [1.165, 1.54) is 0 Å². The number of methoxy groups -OCH3 is 2. The number of rotatable bonds is 5. The van der Waals surface area contributed by atoms with Crippen LogP contribution in [0.25, 0.3) is 5.69 Å². The van der Waals surface area contributed by atoms with Gasteiger partial charge in [-0.1, -0.05) is 6.07 Å². The van der Waals surface area contributed by atoms with Crippen molar-refractivity contribution >= 4 is 0 Å². The molecule has 0 radical (unpaired) electrons. The molecule has 0 amide bonds. The SMILES string of the molecule is COCc1nn(-c2cccc(OC)c2)cc1CO. The van der Waals surface area contributed by atoms with Gasteiger partial charge in [0, 0.05) is 24.9 Å². The maximum absolute atomic E-state index is 9.27. The van der Waals surface area contributed by atoms with Crippen LogP contribution in [0.15, 0.2) is 30.5 Å². The van der Waals surface area contributed by atoms with Crippen molar-refractivity contribution in [3.05, 3.63) is 41.7 Å². The Morgan fingerprint density at radius 2 is 2.17 bits per heavy atom. The summed E-state index contributed by atoms with van der Waals surface area (Å²) in [4.78, 5) is 0. The lowest BCUT2D eigenvalue weighted by molar-refractivity contribution is 0.178. The van der Waals surface area contributed by atoms with E-state index in [2.05, 4.69) is 5.10 Å². The molecule has 2 rings (SSSR count). The molecule has 5 nitrogen and oxygen atoms in total. The highest BCUT2D eigenvalue weighted by Gasteiger charge is 2.09. The van der Waals surface area contributed by atoms with E-state index in [-0.39, 0.29) is 6.61 Å². The third-order valence-corrected chi connectivity index (χ3v) is 2.65. The Kier molecular flexibility index (Phi) is 3.96. The van der Waals surface area contributed by atoms with Gasteiger partial charge in [0.25, 0.3) is 0 Å². The number of ether oxygens (including phenoxy) is 2. The fourth-order valence-corrected chi connectivity index (χ4v) is 1.72. The fraction of sp³-hybridized carbons (Fsp3) is 0.308. The van der Waals surface area contributed by atoms with Crippen LogP contribution < -0.4 is 4.74 Å². The number of benzene rings is 1. The van der Waals surface area contributed by atoms with Gasteiger partial charge in [0.05, 0.1) is 31.7 Å². The molecule has 1 aromatic heterocycles. The van der Waals surface area contributed by atoms with E-state index in [1.807, 2.05) is 24.3 Å². The minimum absolute atomic E-state index is 0.0529. The number of nitrogens with zero attached hydrogens (tertiary/aromatic N) is 2. The molecule has 2 aromatic rings. The zero-order chi connectivity index (χ0) is 13.0. The zero-order valence-corrected chi connectivity index (χ0v) is 10.5. The van der Waals surface area contributed by atoms with E-state index >= 15 is 0 Å². The van der Waals surface area contributed by atoms with Crippen molar-refractivity contribution in [2.24, 2.45) is 0 Å². The smallest absolute Gasteiger partial charge is 0.121 e. The number of aliphatic hydroxyl groups excluding tert-OH is 1. The van der Waals surface area contributed by atoms with Crippen LogP contribution in [0.5, 0.6) is 5.75 Å². The molecular formula is C13H16N2O3. The van der Waals surface area contributed by atoms with E-state index in [0.717, 1.165) is 22.7 Å². The summed E-state index contributed by atoms with van der Waals surface area (Å²) in [6, 6.07) is 7.57. The third kappa shape index (κ3) is 2.52. The van der Waals surface area contributed by atoms with Crippen molar-refractivity contribution in [3.8, 4) is 11.4 Å². The van der Waals surface area contributed by atoms with Gasteiger partial charge in [0.1, 0.15) is 5.75 Å². The van der Waals surface area contributed by atoms with E-state index in [0.29, 0.717) is 6.61 Å². The van der Waals surface area contributed by atoms with E-state index in [4.69, 9.17) is 9.47 Å². The maximum atomic E-state index is 9.27. The van der Waals surface area contributed by atoms with Gasteiger partial charge in [-0.2, -0.15) is 5.10 Å². The molecule has 0 bridgehead atoms. The van der Waals surface area contributed by atoms with Crippen molar-refractivity contribution in [2.45, 2.75) is 13.2 Å². The summed E-state index contributed by atoms with van der Waals surface area (Å²) in [5, 5.41) is 13.7. The summed E-state index contributed by atoms with van der Waals surface area (Å²) in [5.41, 5.74) is 2.38. The van der Waals surface area contributed by atoms with Crippen molar-refractivity contribution in [1.29, 1.82) is 0 Å². The standard InChI is InChI=1S/C13H16N2O3/c1-17-9-13-10(8-16)7-15(14-13)11-4-3-5-12(6-11)18-2/h3-7,16H,8-9H2,1-2H3. The Bertz CT molecular complexity index is 523. The Labute approximate surface area is 106 Å². The third-order valence-electron chi connectivity index (χ3n) is 2.65. The van der Waals surface area contributed by atoms with Crippen LogP contribution in [0, 0.1) is 0 Å². The van der Waals surface area contributed by atoms with Crippen LogP contribution in [0.2, 0.25) is 0 Å². The summed E-state index contributed by atoms with van der Waals surface area (Å²) in [5.74, 6) is 0.766. The molecule has 18 heavy (non-hydrogen) atoms. The van der Waals surface area contributed by atoms with Gasteiger partial charge in [-0.15, -0.1) is 0 Å². The summed E-state index contributed by atoms with van der Waals surface area (Å²) in [6.07, 6.45) is 1.79. The molecule has 0 fully saturated rings. The first-order valence-electron chi connectivity index (χ1n) is 5.60. The van der Waals surface area contributed by atoms with Gasteiger partial charge in [-0.25, -0.2) is 4.68 Å². The highest BCUT2D eigenvalue weighted by molar-refractivity contribution is 5.39. The van der Waals surface area contributed by atoms with Crippen LogP contribution in [-0.2, 0) is 18.0 Å². The number of aromatic nitrogens is 2. The average Bonchev–Trinajstić information content (AvgIpc) is 2.82. The number of hydrogen-bond acceptors (Lipinski definition) is 4. The van der Waals surface area contributed by atoms with Gasteiger partial charge in [0.15, 0.2) is 0 Å². The first kappa shape index (κ1) is 12.6.